The van der Waals surface area contributed by atoms with Crippen LogP contribution in [0.3, 0.4) is 0 Å². The highest BCUT2D eigenvalue weighted by atomic mass is 15.2. The first-order valence-electron chi connectivity index (χ1n) is 7.54. The molecular formula is C16H27N3. The third kappa shape index (κ3) is 3.93. The molecule has 0 unspecified atom stereocenters. The van der Waals surface area contributed by atoms with E-state index in [0.717, 1.165) is 25.7 Å². The first kappa shape index (κ1) is 14.3. The van der Waals surface area contributed by atoms with Crippen molar-refractivity contribution in [1.82, 2.24) is 10.3 Å². The van der Waals surface area contributed by atoms with Crippen molar-refractivity contribution in [3.63, 3.8) is 0 Å². The van der Waals surface area contributed by atoms with Crippen LogP contribution in [0.25, 0.3) is 0 Å². The molecule has 0 atom stereocenters. The molecule has 1 N–H and O–H groups in total. The molecule has 3 nitrogen and oxygen atoms in total. The lowest BCUT2D eigenvalue weighted by molar-refractivity contribution is 0.601. The van der Waals surface area contributed by atoms with Crippen LogP contribution >= 0.6 is 0 Å². The number of rotatable bonds is 7. The van der Waals surface area contributed by atoms with E-state index in [1.165, 1.54) is 29.8 Å². The van der Waals surface area contributed by atoms with E-state index in [4.69, 9.17) is 4.98 Å². The second kappa shape index (κ2) is 6.38. The molecule has 0 aromatic carbocycles. The fraction of sp³-hybridized carbons (Fsp3) is 0.688. The predicted octanol–water partition coefficient (Wildman–Crippen LogP) is 3.12. The third-order valence-electron chi connectivity index (χ3n) is 3.51. The summed E-state index contributed by atoms with van der Waals surface area (Å²) in [6, 6.07) is 3.01. The largest absolute Gasteiger partial charge is 0.353 e. The molecule has 1 heterocycles. The molecular weight excluding hydrogens is 234 g/mol. The number of anilines is 1. The fourth-order valence-corrected chi connectivity index (χ4v) is 2.48. The Morgan fingerprint density at radius 1 is 1.42 bits per heavy atom. The van der Waals surface area contributed by atoms with Gasteiger partial charge in [-0.05, 0) is 49.4 Å². The molecule has 1 saturated carbocycles. The summed E-state index contributed by atoms with van der Waals surface area (Å²) in [5.41, 5.74) is 2.59. The van der Waals surface area contributed by atoms with Crippen molar-refractivity contribution in [2.75, 3.05) is 18.0 Å². The molecule has 1 fully saturated rings. The molecule has 0 amide bonds. The van der Waals surface area contributed by atoms with Crippen molar-refractivity contribution in [3.8, 4) is 0 Å². The maximum atomic E-state index is 4.73. The molecule has 1 aromatic heterocycles. The molecule has 0 bridgehead atoms. The lowest BCUT2D eigenvalue weighted by Gasteiger charge is -2.27. The van der Waals surface area contributed by atoms with Crippen LogP contribution in [0.15, 0.2) is 12.3 Å². The molecule has 0 radical (unpaired) electrons. The van der Waals surface area contributed by atoms with Gasteiger partial charge in [-0.3, -0.25) is 0 Å². The fourth-order valence-electron chi connectivity index (χ4n) is 2.48. The second-order valence-electron chi connectivity index (χ2n) is 6.04. The minimum atomic E-state index is 0.684. The Morgan fingerprint density at radius 2 is 2.16 bits per heavy atom. The summed E-state index contributed by atoms with van der Waals surface area (Å²) in [6.07, 6.45) is 4.68. The van der Waals surface area contributed by atoms with Crippen molar-refractivity contribution in [1.29, 1.82) is 0 Å². The van der Waals surface area contributed by atoms with Gasteiger partial charge in [0.15, 0.2) is 0 Å². The molecule has 1 aromatic rings. The van der Waals surface area contributed by atoms with Crippen molar-refractivity contribution in [3.05, 3.63) is 23.4 Å². The van der Waals surface area contributed by atoms with Crippen LogP contribution in [0.5, 0.6) is 0 Å². The zero-order valence-corrected chi connectivity index (χ0v) is 12.7. The number of hydrogen-bond donors (Lipinski definition) is 1. The average molecular weight is 261 g/mol. The van der Waals surface area contributed by atoms with E-state index in [1.54, 1.807) is 0 Å². The van der Waals surface area contributed by atoms with Gasteiger partial charge < -0.3 is 10.2 Å². The Hall–Kier alpha value is -1.09. The van der Waals surface area contributed by atoms with E-state index >= 15 is 0 Å². The number of nitrogens with zero attached hydrogens (tertiary/aromatic N) is 2. The van der Waals surface area contributed by atoms with Crippen molar-refractivity contribution >= 4 is 5.82 Å². The van der Waals surface area contributed by atoms with Gasteiger partial charge in [0.25, 0.3) is 0 Å². The molecule has 0 aliphatic heterocycles. The van der Waals surface area contributed by atoms with Gasteiger partial charge in [0, 0.05) is 25.3 Å². The van der Waals surface area contributed by atoms with Gasteiger partial charge in [-0.15, -0.1) is 0 Å². The highest BCUT2D eigenvalue weighted by Gasteiger charge is 2.31. The number of aromatic nitrogens is 1. The van der Waals surface area contributed by atoms with Gasteiger partial charge in [-0.2, -0.15) is 0 Å². The Bertz CT molecular complexity index is 410. The Kier molecular flexibility index (Phi) is 4.81. The van der Waals surface area contributed by atoms with Crippen molar-refractivity contribution < 1.29 is 0 Å². The monoisotopic (exact) mass is 261 g/mol. The molecule has 106 valence electrons. The van der Waals surface area contributed by atoms with E-state index in [2.05, 4.69) is 44.0 Å². The second-order valence-corrected chi connectivity index (χ2v) is 6.04. The third-order valence-corrected chi connectivity index (χ3v) is 3.51. The van der Waals surface area contributed by atoms with Crippen molar-refractivity contribution in [2.45, 2.75) is 53.1 Å². The summed E-state index contributed by atoms with van der Waals surface area (Å²) in [5.74, 6) is 1.87. The number of aryl methyl sites for hydroxylation is 1. The SMILES string of the molecule is CCNCc1cnc(N(CC(C)C)C2CC2)c(C)c1. The van der Waals surface area contributed by atoms with Gasteiger partial charge in [0.05, 0.1) is 0 Å². The molecule has 1 aliphatic carbocycles. The van der Waals surface area contributed by atoms with Crippen LogP contribution in [-0.2, 0) is 6.54 Å². The van der Waals surface area contributed by atoms with Crippen LogP contribution in [0, 0.1) is 12.8 Å². The molecule has 3 heteroatoms. The van der Waals surface area contributed by atoms with Gasteiger partial charge in [-0.25, -0.2) is 4.98 Å². The minimum Gasteiger partial charge on any atom is -0.353 e. The zero-order chi connectivity index (χ0) is 13.8. The molecule has 1 aliphatic rings. The summed E-state index contributed by atoms with van der Waals surface area (Å²) in [4.78, 5) is 7.24. The van der Waals surface area contributed by atoms with E-state index in [-0.39, 0.29) is 0 Å². The maximum Gasteiger partial charge on any atom is 0.131 e. The van der Waals surface area contributed by atoms with E-state index < -0.39 is 0 Å². The number of hydrogen-bond acceptors (Lipinski definition) is 3. The summed E-state index contributed by atoms with van der Waals surface area (Å²) in [5, 5.41) is 3.35. The van der Waals surface area contributed by atoms with Crippen LogP contribution < -0.4 is 10.2 Å². The topological polar surface area (TPSA) is 28.2 Å². The first-order chi connectivity index (χ1) is 9.11. The molecule has 0 spiro atoms. The smallest absolute Gasteiger partial charge is 0.131 e. The maximum absolute atomic E-state index is 4.73. The summed E-state index contributed by atoms with van der Waals surface area (Å²) >= 11 is 0. The van der Waals surface area contributed by atoms with Gasteiger partial charge >= 0.3 is 0 Å². The van der Waals surface area contributed by atoms with Crippen molar-refractivity contribution in [2.24, 2.45) is 5.92 Å². The van der Waals surface area contributed by atoms with Crippen LogP contribution in [0.1, 0.15) is 44.7 Å². The minimum absolute atomic E-state index is 0.684. The van der Waals surface area contributed by atoms with E-state index in [0.29, 0.717) is 5.92 Å². The summed E-state index contributed by atoms with van der Waals surface area (Å²) in [6.45, 7) is 11.9. The van der Waals surface area contributed by atoms with E-state index in [9.17, 15) is 0 Å². The zero-order valence-electron chi connectivity index (χ0n) is 12.7. The number of nitrogens with one attached hydrogen (secondary N) is 1. The van der Waals surface area contributed by atoms with Crippen LogP contribution in [-0.4, -0.2) is 24.1 Å². The predicted molar refractivity (Wildman–Crippen MR) is 81.6 cm³/mol. The molecule has 19 heavy (non-hydrogen) atoms. The van der Waals surface area contributed by atoms with Crippen LogP contribution in [0.2, 0.25) is 0 Å². The molecule has 2 rings (SSSR count). The summed E-state index contributed by atoms with van der Waals surface area (Å²) in [7, 11) is 0. The van der Waals surface area contributed by atoms with Gasteiger partial charge in [0.1, 0.15) is 5.82 Å². The Morgan fingerprint density at radius 3 is 2.68 bits per heavy atom. The lowest BCUT2D eigenvalue weighted by atomic mass is 10.1. The lowest BCUT2D eigenvalue weighted by Crippen LogP contribution is -2.31. The Balaban J connectivity index is 2.13. The highest BCUT2D eigenvalue weighted by Crippen LogP contribution is 2.33. The normalized spacial score (nSPS) is 15.0. The number of pyridine rings is 1. The van der Waals surface area contributed by atoms with Gasteiger partial charge in [-0.1, -0.05) is 20.8 Å². The quantitative estimate of drug-likeness (QED) is 0.817. The highest BCUT2D eigenvalue weighted by molar-refractivity contribution is 5.49. The summed E-state index contributed by atoms with van der Waals surface area (Å²) < 4.78 is 0. The first-order valence-corrected chi connectivity index (χ1v) is 7.54. The van der Waals surface area contributed by atoms with Gasteiger partial charge in [0.2, 0.25) is 0 Å². The average Bonchev–Trinajstić information content (AvgIpc) is 3.18. The van der Waals surface area contributed by atoms with E-state index in [1.807, 2.05) is 6.20 Å². The molecule has 0 saturated heterocycles. The Labute approximate surface area is 117 Å². The standard InChI is InChI=1S/C16H27N3/c1-5-17-9-14-8-13(4)16(18-10-14)19(11-12(2)3)15-6-7-15/h8,10,12,15,17H,5-7,9,11H2,1-4H3. The van der Waals surface area contributed by atoms with Crippen LogP contribution in [0.4, 0.5) is 5.82 Å².